The smallest absolute Gasteiger partial charge is 0.127 e. The molecule has 1 N–H and O–H groups in total. The van der Waals surface area contributed by atoms with Crippen molar-refractivity contribution >= 4 is 0 Å². The monoisotopic (exact) mass is 402 g/mol. The molecule has 0 bridgehead atoms. The van der Waals surface area contributed by atoms with Crippen molar-refractivity contribution < 1.29 is 9.84 Å². The van der Waals surface area contributed by atoms with Crippen molar-refractivity contribution in [3.05, 3.63) is 95.6 Å². The normalized spacial score (nSPS) is 15.6. The minimum atomic E-state index is 0.109. The SMILES string of the molecule is OCc1ccc(CN2CCCN(Cc3ccc(Oc4ccccc4)cc3)CC2)cc1. The van der Waals surface area contributed by atoms with Crippen LogP contribution in [0.25, 0.3) is 0 Å². The average molecular weight is 403 g/mol. The molecule has 1 fully saturated rings. The van der Waals surface area contributed by atoms with E-state index in [0.717, 1.165) is 56.3 Å². The van der Waals surface area contributed by atoms with Crippen molar-refractivity contribution in [1.82, 2.24) is 9.80 Å². The average Bonchev–Trinajstić information content (AvgIpc) is 3.01. The lowest BCUT2D eigenvalue weighted by molar-refractivity contribution is 0.247. The van der Waals surface area contributed by atoms with Crippen molar-refractivity contribution in [2.75, 3.05) is 26.2 Å². The van der Waals surface area contributed by atoms with Crippen molar-refractivity contribution in [2.45, 2.75) is 26.1 Å². The lowest BCUT2D eigenvalue weighted by atomic mass is 10.1. The van der Waals surface area contributed by atoms with E-state index < -0.39 is 0 Å². The van der Waals surface area contributed by atoms with E-state index in [9.17, 15) is 5.11 Å². The summed E-state index contributed by atoms with van der Waals surface area (Å²) in [6, 6.07) is 26.7. The van der Waals surface area contributed by atoms with Gasteiger partial charge in [0.2, 0.25) is 0 Å². The van der Waals surface area contributed by atoms with Crippen LogP contribution in [0.4, 0.5) is 0 Å². The van der Waals surface area contributed by atoms with Gasteiger partial charge in [-0.15, -0.1) is 0 Å². The van der Waals surface area contributed by atoms with E-state index in [1.54, 1.807) is 0 Å². The number of hydrogen-bond acceptors (Lipinski definition) is 4. The summed E-state index contributed by atoms with van der Waals surface area (Å²) in [5, 5.41) is 9.20. The molecular weight excluding hydrogens is 372 g/mol. The molecule has 1 aliphatic heterocycles. The topological polar surface area (TPSA) is 35.9 Å². The summed E-state index contributed by atoms with van der Waals surface area (Å²) in [4.78, 5) is 5.08. The standard InChI is InChI=1S/C26H30N2O2/c29-21-24-9-7-22(8-10-24)19-27-15-4-16-28(18-17-27)20-23-11-13-26(14-12-23)30-25-5-2-1-3-6-25/h1-3,5-14,29H,4,15-21H2. The zero-order chi connectivity index (χ0) is 20.6. The molecule has 0 spiro atoms. The first-order valence-electron chi connectivity index (χ1n) is 10.7. The van der Waals surface area contributed by atoms with Gasteiger partial charge in [0, 0.05) is 26.2 Å². The fourth-order valence-corrected chi connectivity index (χ4v) is 3.89. The molecule has 0 amide bonds. The molecule has 3 aromatic carbocycles. The first-order chi connectivity index (χ1) is 14.8. The minimum absolute atomic E-state index is 0.109. The highest BCUT2D eigenvalue weighted by Gasteiger charge is 2.15. The van der Waals surface area contributed by atoms with Gasteiger partial charge in [-0.3, -0.25) is 9.80 Å². The maximum absolute atomic E-state index is 9.20. The van der Waals surface area contributed by atoms with Gasteiger partial charge in [0.25, 0.3) is 0 Å². The lowest BCUT2D eigenvalue weighted by Crippen LogP contribution is -2.30. The van der Waals surface area contributed by atoms with Gasteiger partial charge in [-0.25, -0.2) is 0 Å². The molecule has 0 atom stereocenters. The Kier molecular flexibility index (Phi) is 7.14. The number of benzene rings is 3. The Hall–Kier alpha value is -2.66. The summed E-state index contributed by atoms with van der Waals surface area (Å²) in [5.74, 6) is 1.74. The second-order valence-electron chi connectivity index (χ2n) is 7.94. The predicted molar refractivity (Wildman–Crippen MR) is 120 cm³/mol. The van der Waals surface area contributed by atoms with Crippen molar-refractivity contribution in [2.24, 2.45) is 0 Å². The van der Waals surface area contributed by atoms with Crippen LogP contribution in [0.15, 0.2) is 78.9 Å². The molecule has 1 saturated heterocycles. The fourth-order valence-electron chi connectivity index (χ4n) is 3.89. The molecule has 4 heteroatoms. The number of aliphatic hydroxyl groups excluding tert-OH is 1. The first kappa shape index (κ1) is 20.6. The Balaban J connectivity index is 1.27. The highest BCUT2D eigenvalue weighted by Crippen LogP contribution is 2.22. The van der Waals surface area contributed by atoms with Crippen LogP contribution < -0.4 is 4.74 Å². The highest BCUT2D eigenvalue weighted by atomic mass is 16.5. The zero-order valence-electron chi connectivity index (χ0n) is 17.4. The molecule has 0 saturated carbocycles. The second-order valence-corrected chi connectivity index (χ2v) is 7.94. The molecule has 3 aromatic rings. The van der Waals surface area contributed by atoms with Gasteiger partial charge in [0.05, 0.1) is 6.61 Å². The van der Waals surface area contributed by atoms with E-state index in [4.69, 9.17) is 4.74 Å². The van der Waals surface area contributed by atoms with Gasteiger partial charge in [0.1, 0.15) is 11.5 Å². The van der Waals surface area contributed by atoms with Crippen molar-refractivity contribution in [3.63, 3.8) is 0 Å². The Morgan fingerprint density at radius 3 is 1.67 bits per heavy atom. The summed E-state index contributed by atoms with van der Waals surface area (Å²) >= 11 is 0. The molecule has 30 heavy (non-hydrogen) atoms. The minimum Gasteiger partial charge on any atom is -0.457 e. The third-order valence-corrected chi connectivity index (χ3v) is 5.60. The molecule has 4 rings (SSSR count). The Labute approximate surface area is 179 Å². The molecule has 1 aliphatic rings. The molecule has 0 aromatic heterocycles. The summed E-state index contributed by atoms with van der Waals surface area (Å²) in [7, 11) is 0. The number of ether oxygens (including phenoxy) is 1. The van der Waals surface area contributed by atoms with E-state index >= 15 is 0 Å². The van der Waals surface area contributed by atoms with Crippen molar-refractivity contribution in [1.29, 1.82) is 0 Å². The molecule has 156 valence electrons. The Morgan fingerprint density at radius 2 is 1.10 bits per heavy atom. The molecular formula is C26H30N2O2. The summed E-state index contributed by atoms with van der Waals surface area (Å²) in [6.45, 7) is 6.48. The zero-order valence-corrected chi connectivity index (χ0v) is 17.4. The van der Waals surface area contributed by atoms with Crippen LogP contribution in [-0.2, 0) is 19.7 Å². The van der Waals surface area contributed by atoms with E-state index in [2.05, 4.69) is 46.2 Å². The third-order valence-electron chi connectivity index (χ3n) is 5.60. The number of nitrogens with zero attached hydrogens (tertiary/aromatic N) is 2. The largest absolute Gasteiger partial charge is 0.457 e. The number of para-hydroxylation sites is 1. The second kappa shape index (κ2) is 10.4. The maximum Gasteiger partial charge on any atom is 0.127 e. The van der Waals surface area contributed by atoms with Crippen molar-refractivity contribution in [3.8, 4) is 11.5 Å². The Morgan fingerprint density at radius 1 is 0.600 bits per heavy atom. The van der Waals surface area contributed by atoms with E-state index in [0.29, 0.717) is 0 Å². The number of hydrogen-bond donors (Lipinski definition) is 1. The van der Waals surface area contributed by atoms with Crippen LogP contribution in [0.2, 0.25) is 0 Å². The van der Waals surface area contributed by atoms with Gasteiger partial charge in [-0.2, -0.15) is 0 Å². The number of rotatable bonds is 7. The molecule has 1 heterocycles. The molecule has 0 aliphatic carbocycles. The maximum atomic E-state index is 9.20. The van der Waals surface area contributed by atoms with Crippen LogP contribution in [0.3, 0.4) is 0 Å². The van der Waals surface area contributed by atoms with E-state index in [-0.39, 0.29) is 6.61 Å². The van der Waals surface area contributed by atoms with Crippen LogP contribution in [-0.4, -0.2) is 41.1 Å². The lowest BCUT2D eigenvalue weighted by Gasteiger charge is -2.22. The molecule has 0 unspecified atom stereocenters. The quantitative estimate of drug-likeness (QED) is 0.623. The van der Waals surface area contributed by atoms with E-state index in [1.807, 2.05) is 42.5 Å². The van der Waals surface area contributed by atoms with Crippen LogP contribution in [0.5, 0.6) is 11.5 Å². The van der Waals surface area contributed by atoms with Crippen LogP contribution >= 0.6 is 0 Å². The van der Waals surface area contributed by atoms with Gasteiger partial charge < -0.3 is 9.84 Å². The van der Waals surface area contributed by atoms with Gasteiger partial charge in [-0.1, -0.05) is 54.6 Å². The molecule has 0 radical (unpaired) electrons. The van der Waals surface area contributed by atoms with E-state index in [1.165, 1.54) is 17.5 Å². The summed E-state index contributed by atoms with van der Waals surface area (Å²) in [5.41, 5.74) is 3.61. The fraction of sp³-hybridized carbons (Fsp3) is 0.308. The summed E-state index contributed by atoms with van der Waals surface area (Å²) in [6.07, 6.45) is 1.18. The van der Waals surface area contributed by atoms with Gasteiger partial charge in [0.15, 0.2) is 0 Å². The summed E-state index contributed by atoms with van der Waals surface area (Å²) < 4.78 is 5.89. The van der Waals surface area contributed by atoms with Gasteiger partial charge in [-0.05, 0) is 60.5 Å². The highest BCUT2D eigenvalue weighted by molar-refractivity contribution is 5.33. The Bertz CT molecular complexity index is 895. The first-order valence-corrected chi connectivity index (χ1v) is 10.7. The molecule has 4 nitrogen and oxygen atoms in total. The number of aliphatic hydroxyl groups is 1. The van der Waals surface area contributed by atoms with Crippen LogP contribution in [0, 0.1) is 0 Å². The predicted octanol–water partition coefficient (Wildman–Crippen LogP) is 4.68. The van der Waals surface area contributed by atoms with Crippen LogP contribution in [0.1, 0.15) is 23.1 Å². The third kappa shape index (κ3) is 5.92. The van der Waals surface area contributed by atoms with Gasteiger partial charge >= 0.3 is 0 Å².